The molecular weight excluding hydrogens is 376 g/mol. The molecule has 29 heavy (non-hydrogen) atoms. The summed E-state index contributed by atoms with van der Waals surface area (Å²) in [6, 6.07) is 12.6. The van der Waals surface area contributed by atoms with Crippen LogP contribution in [0.3, 0.4) is 0 Å². The van der Waals surface area contributed by atoms with E-state index in [-0.39, 0.29) is 19.3 Å². The highest BCUT2D eigenvalue weighted by atomic mass is 16.7. The molecule has 2 aliphatic rings. The first-order valence-corrected chi connectivity index (χ1v) is 9.37. The number of ether oxygens (including phenoxy) is 4. The first-order chi connectivity index (χ1) is 14.1. The molecule has 0 atom stereocenters. The third-order valence-corrected chi connectivity index (χ3v) is 5.00. The van der Waals surface area contributed by atoms with Crippen molar-refractivity contribution < 1.29 is 28.5 Å². The van der Waals surface area contributed by atoms with E-state index >= 15 is 0 Å². The molecule has 0 bridgehead atoms. The molecule has 0 aliphatic carbocycles. The molecule has 0 saturated carbocycles. The van der Waals surface area contributed by atoms with Crippen LogP contribution in [0.25, 0.3) is 0 Å². The summed E-state index contributed by atoms with van der Waals surface area (Å²) in [5.74, 6) is 1.14. The highest BCUT2D eigenvalue weighted by Gasteiger charge is 2.23. The first kappa shape index (κ1) is 18.9. The molecule has 0 radical (unpaired) electrons. The molecule has 4 rings (SSSR count). The molecule has 2 aromatic carbocycles. The number of methoxy groups -OCH3 is 1. The molecule has 8 nitrogen and oxygen atoms in total. The van der Waals surface area contributed by atoms with Gasteiger partial charge in [-0.05, 0) is 42.5 Å². The normalized spacial score (nSPS) is 15.2. The Labute approximate surface area is 168 Å². The highest BCUT2D eigenvalue weighted by Crippen LogP contribution is 2.32. The van der Waals surface area contributed by atoms with Gasteiger partial charge in [-0.1, -0.05) is 0 Å². The second-order valence-electron chi connectivity index (χ2n) is 6.71. The number of hydrogen-bond acceptors (Lipinski definition) is 7. The van der Waals surface area contributed by atoms with Crippen LogP contribution in [0.5, 0.6) is 17.2 Å². The molecule has 8 heteroatoms. The van der Waals surface area contributed by atoms with Crippen molar-refractivity contribution >= 4 is 17.6 Å². The number of amides is 1. The zero-order valence-corrected chi connectivity index (χ0v) is 16.1. The van der Waals surface area contributed by atoms with Crippen LogP contribution in [0.4, 0.5) is 5.69 Å². The van der Waals surface area contributed by atoms with Gasteiger partial charge in [0.15, 0.2) is 18.1 Å². The Hall–Kier alpha value is -3.42. The van der Waals surface area contributed by atoms with Crippen LogP contribution in [0.2, 0.25) is 0 Å². The van der Waals surface area contributed by atoms with Crippen molar-refractivity contribution in [1.29, 1.82) is 0 Å². The largest absolute Gasteiger partial charge is 0.497 e. The lowest BCUT2D eigenvalue weighted by molar-refractivity contribution is -0.134. The maximum absolute atomic E-state index is 12.4. The Morgan fingerprint density at radius 2 is 1.69 bits per heavy atom. The Balaban J connectivity index is 1.26. The molecule has 2 heterocycles. The van der Waals surface area contributed by atoms with Crippen LogP contribution in [0.1, 0.15) is 10.4 Å². The van der Waals surface area contributed by atoms with Crippen molar-refractivity contribution in [3.05, 3.63) is 48.0 Å². The average Bonchev–Trinajstić information content (AvgIpc) is 3.25. The number of carbonyl (C=O) groups is 2. The van der Waals surface area contributed by atoms with E-state index in [1.807, 2.05) is 24.3 Å². The molecule has 0 N–H and O–H groups in total. The molecule has 1 fully saturated rings. The predicted molar refractivity (Wildman–Crippen MR) is 105 cm³/mol. The monoisotopic (exact) mass is 398 g/mol. The minimum absolute atomic E-state index is 0.134. The van der Waals surface area contributed by atoms with Crippen molar-refractivity contribution in [2.24, 2.45) is 0 Å². The lowest BCUT2D eigenvalue weighted by atomic mass is 10.2. The lowest BCUT2D eigenvalue weighted by Crippen LogP contribution is -2.49. The number of anilines is 1. The molecule has 2 aromatic rings. The SMILES string of the molecule is COc1ccc(N2CCN(C(=O)COC(=O)c3ccc4c(c3)OCO4)CC2)cc1. The van der Waals surface area contributed by atoms with Gasteiger partial charge in [0, 0.05) is 31.9 Å². The Morgan fingerprint density at radius 1 is 0.966 bits per heavy atom. The lowest BCUT2D eigenvalue weighted by Gasteiger charge is -2.36. The van der Waals surface area contributed by atoms with Gasteiger partial charge in [0.2, 0.25) is 6.79 Å². The van der Waals surface area contributed by atoms with Gasteiger partial charge in [-0.2, -0.15) is 0 Å². The Kier molecular flexibility index (Phi) is 5.41. The van der Waals surface area contributed by atoms with Crippen LogP contribution in [0, 0.1) is 0 Å². The van der Waals surface area contributed by atoms with Gasteiger partial charge in [-0.15, -0.1) is 0 Å². The van der Waals surface area contributed by atoms with E-state index in [0.717, 1.165) is 11.4 Å². The molecule has 152 valence electrons. The fraction of sp³-hybridized carbons (Fsp3) is 0.333. The minimum atomic E-state index is -0.562. The second kappa shape index (κ2) is 8.30. The quantitative estimate of drug-likeness (QED) is 0.712. The summed E-state index contributed by atoms with van der Waals surface area (Å²) < 4.78 is 20.8. The van der Waals surface area contributed by atoms with Crippen LogP contribution >= 0.6 is 0 Å². The van der Waals surface area contributed by atoms with E-state index in [0.29, 0.717) is 43.2 Å². The van der Waals surface area contributed by atoms with E-state index < -0.39 is 5.97 Å². The number of esters is 1. The van der Waals surface area contributed by atoms with E-state index in [1.54, 1.807) is 30.2 Å². The number of piperazine rings is 1. The molecule has 1 saturated heterocycles. The minimum Gasteiger partial charge on any atom is -0.497 e. The molecule has 2 aliphatic heterocycles. The fourth-order valence-electron chi connectivity index (χ4n) is 3.33. The van der Waals surface area contributed by atoms with Crippen molar-refractivity contribution in [1.82, 2.24) is 4.90 Å². The van der Waals surface area contributed by atoms with Crippen molar-refractivity contribution in [2.75, 3.05) is 51.6 Å². The van der Waals surface area contributed by atoms with Gasteiger partial charge in [0.25, 0.3) is 5.91 Å². The van der Waals surface area contributed by atoms with Crippen LogP contribution in [-0.4, -0.2) is 63.5 Å². The predicted octanol–water partition coefficient (Wildman–Crippen LogP) is 1.93. The Morgan fingerprint density at radius 3 is 2.41 bits per heavy atom. The third-order valence-electron chi connectivity index (χ3n) is 5.00. The maximum atomic E-state index is 12.4. The van der Waals surface area contributed by atoms with Gasteiger partial charge in [-0.3, -0.25) is 4.79 Å². The number of hydrogen-bond donors (Lipinski definition) is 0. The number of nitrogens with zero attached hydrogens (tertiary/aromatic N) is 2. The maximum Gasteiger partial charge on any atom is 0.338 e. The van der Waals surface area contributed by atoms with E-state index in [9.17, 15) is 9.59 Å². The third kappa shape index (κ3) is 4.21. The summed E-state index contributed by atoms with van der Waals surface area (Å²) in [6.45, 7) is 2.44. The van der Waals surface area contributed by atoms with E-state index in [4.69, 9.17) is 18.9 Å². The molecule has 0 unspecified atom stereocenters. The molecule has 1 amide bonds. The van der Waals surface area contributed by atoms with Crippen molar-refractivity contribution in [2.45, 2.75) is 0 Å². The van der Waals surface area contributed by atoms with E-state index in [2.05, 4.69) is 4.90 Å². The summed E-state index contributed by atoms with van der Waals surface area (Å²) in [4.78, 5) is 28.6. The highest BCUT2D eigenvalue weighted by molar-refractivity contribution is 5.92. The van der Waals surface area contributed by atoms with Crippen molar-refractivity contribution in [3.63, 3.8) is 0 Å². The van der Waals surface area contributed by atoms with Gasteiger partial charge in [-0.25, -0.2) is 4.79 Å². The number of carbonyl (C=O) groups excluding carboxylic acids is 2. The number of rotatable bonds is 5. The van der Waals surface area contributed by atoms with Crippen LogP contribution in [0.15, 0.2) is 42.5 Å². The summed E-state index contributed by atoms with van der Waals surface area (Å²) >= 11 is 0. The smallest absolute Gasteiger partial charge is 0.338 e. The Bertz CT molecular complexity index is 891. The molecule has 0 spiro atoms. The number of fused-ring (bicyclic) bond motifs is 1. The number of benzene rings is 2. The van der Waals surface area contributed by atoms with Crippen LogP contribution in [-0.2, 0) is 9.53 Å². The van der Waals surface area contributed by atoms with Gasteiger partial charge < -0.3 is 28.7 Å². The average molecular weight is 398 g/mol. The first-order valence-electron chi connectivity index (χ1n) is 9.37. The fourth-order valence-corrected chi connectivity index (χ4v) is 3.33. The van der Waals surface area contributed by atoms with Gasteiger partial charge in [0.1, 0.15) is 5.75 Å². The zero-order chi connectivity index (χ0) is 20.2. The molecule has 0 aromatic heterocycles. The van der Waals surface area contributed by atoms with Crippen molar-refractivity contribution in [3.8, 4) is 17.2 Å². The summed E-state index contributed by atoms with van der Waals surface area (Å²) in [5.41, 5.74) is 1.42. The standard InChI is InChI=1S/C21H22N2O6/c1-26-17-5-3-16(4-6-17)22-8-10-23(11-9-22)20(24)13-27-21(25)15-2-7-18-19(12-15)29-14-28-18/h2-7,12H,8-11,13-14H2,1H3. The summed E-state index contributed by atoms with van der Waals surface area (Å²) in [6.07, 6.45) is 0. The molecular formula is C21H22N2O6. The topological polar surface area (TPSA) is 77.5 Å². The zero-order valence-electron chi connectivity index (χ0n) is 16.1. The van der Waals surface area contributed by atoms with Gasteiger partial charge >= 0.3 is 5.97 Å². The second-order valence-corrected chi connectivity index (χ2v) is 6.71. The van der Waals surface area contributed by atoms with Crippen LogP contribution < -0.4 is 19.1 Å². The summed E-state index contributed by atoms with van der Waals surface area (Å²) in [5, 5.41) is 0. The van der Waals surface area contributed by atoms with Gasteiger partial charge in [0.05, 0.1) is 12.7 Å². The summed E-state index contributed by atoms with van der Waals surface area (Å²) in [7, 11) is 1.64. The van der Waals surface area contributed by atoms with E-state index in [1.165, 1.54) is 0 Å².